The van der Waals surface area contributed by atoms with Gasteiger partial charge in [-0.3, -0.25) is 4.57 Å². The lowest BCUT2D eigenvalue weighted by molar-refractivity contribution is 0.0673. The van der Waals surface area contributed by atoms with Gasteiger partial charge in [-0.2, -0.15) is 8.78 Å². The Bertz CT molecular complexity index is 770. The van der Waals surface area contributed by atoms with Crippen LogP contribution < -0.4 is 5.32 Å². The van der Waals surface area contributed by atoms with Crippen LogP contribution in [0.1, 0.15) is 12.4 Å². The molecule has 2 aromatic carbocycles. The van der Waals surface area contributed by atoms with Crippen molar-refractivity contribution in [1.29, 1.82) is 0 Å². The second-order valence-electron chi connectivity index (χ2n) is 4.59. The molecule has 0 aliphatic rings. The van der Waals surface area contributed by atoms with E-state index in [-0.39, 0.29) is 6.54 Å². The molecule has 3 aromatic rings. The van der Waals surface area contributed by atoms with E-state index in [0.717, 1.165) is 25.5 Å². The van der Waals surface area contributed by atoms with Crippen LogP contribution in [-0.2, 0) is 6.54 Å². The Kier molecular flexibility index (Phi) is 3.88. The Labute approximate surface area is 128 Å². The number of nitrogens with one attached hydrogen (secondary N) is 1. The summed E-state index contributed by atoms with van der Waals surface area (Å²) in [5, 5.41) is 5.32. The maximum Gasteiger partial charge on any atom is 0.319 e. The minimum absolute atomic E-state index is 0.249. The number of aromatic nitrogens is 2. The van der Waals surface area contributed by atoms with E-state index in [4.69, 9.17) is 0 Å². The number of imidazole rings is 1. The zero-order chi connectivity index (χ0) is 14.8. The summed E-state index contributed by atoms with van der Waals surface area (Å²) in [6, 6.07) is 11.9. The van der Waals surface area contributed by atoms with Crippen LogP contribution in [0.5, 0.6) is 0 Å². The van der Waals surface area contributed by atoms with E-state index >= 15 is 0 Å². The van der Waals surface area contributed by atoms with Gasteiger partial charge < -0.3 is 5.32 Å². The summed E-state index contributed by atoms with van der Waals surface area (Å²) in [6.07, 6.45) is 2.65. The van der Waals surface area contributed by atoms with Crippen LogP contribution in [0.25, 0.3) is 10.8 Å². The first kappa shape index (κ1) is 14.0. The average Bonchev–Trinajstić information content (AvgIpc) is 2.93. The summed E-state index contributed by atoms with van der Waals surface area (Å²) in [7, 11) is 0. The highest BCUT2D eigenvalue weighted by molar-refractivity contribution is 9.10. The molecule has 0 saturated carbocycles. The lowest BCUT2D eigenvalue weighted by atomic mass is 10.1. The fourth-order valence-electron chi connectivity index (χ4n) is 2.17. The molecule has 21 heavy (non-hydrogen) atoms. The lowest BCUT2D eigenvalue weighted by Gasteiger charge is -2.09. The van der Waals surface area contributed by atoms with E-state index in [1.54, 1.807) is 0 Å². The Morgan fingerprint density at radius 1 is 1.14 bits per heavy atom. The molecule has 0 amide bonds. The number of fused-ring (bicyclic) bond motifs is 1. The van der Waals surface area contributed by atoms with Crippen molar-refractivity contribution in [2.75, 3.05) is 5.32 Å². The molecule has 108 valence electrons. The first-order valence-electron chi connectivity index (χ1n) is 6.36. The fourth-order valence-corrected chi connectivity index (χ4v) is 2.55. The summed E-state index contributed by atoms with van der Waals surface area (Å²) in [6.45, 7) is -2.32. The van der Waals surface area contributed by atoms with Gasteiger partial charge in [-0.1, -0.05) is 28.1 Å². The maximum atomic E-state index is 12.7. The molecule has 0 radical (unpaired) electrons. The van der Waals surface area contributed by atoms with E-state index < -0.39 is 6.55 Å². The molecule has 3 nitrogen and oxygen atoms in total. The Morgan fingerprint density at radius 3 is 2.71 bits per heavy atom. The van der Waals surface area contributed by atoms with Gasteiger partial charge in [0.15, 0.2) is 0 Å². The van der Waals surface area contributed by atoms with Gasteiger partial charge in [0.2, 0.25) is 0 Å². The van der Waals surface area contributed by atoms with Crippen molar-refractivity contribution in [3.05, 3.63) is 59.1 Å². The van der Waals surface area contributed by atoms with Crippen LogP contribution in [0.2, 0.25) is 0 Å². The predicted molar refractivity (Wildman–Crippen MR) is 82.5 cm³/mol. The van der Waals surface area contributed by atoms with Crippen molar-refractivity contribution in [2.24, 2.45) is 0 Å². The quantitative estimate of drug-likeness (QED) is 0.731. The second kappa shape index (κ2) is 5.81. The van der Waals surface area contributed by atoms with Gasteiger partial charge in [0.1, 0.15) is 5.82 Å². The van der Waals surface area contributed by atoms with Crippen LogP contribution in [-0.4, -0.2) is 9.55 Å². The molecular formula is C15H12BrF2N3. The van der Waals surface area contributed by atoms with Gasteiger partial charge in [0.05, 0.1) is 6.54 Å². The molecule has 0 atom stereocenters. The topological polar surface area (TPSA) is 29.9 Å². The molecular weight excluding hydrogens is 340 g/mol. The van der Waals surface area contributed by atoms with Crippen LogP contribution in [0.4, 0.5) is 14.5 Å². The van der Waals surface area contributed by atoms with E-state index in [0.29, 0.717) is 5.82 Å². The summed E-state index contributed by atoms with van der Waals surface area (Å²) in [5.41, 5.74) is 0.869. The third-order valence-electron chi connectivity index (χ3n) is 3.21. The molecule has 0 spiro atoms. The van der Waals surface area contributed by atoms with Crippen LogP contribution in [0, 0.1) is 0 Å². The first-order valence-corrected chi connectivity index (χ1v) is 7.16. The normalized spacial score (nSPS) is 11.2. The second-order valence-corrected chi connectivity index (χ2v) is 5.50. The maximum absolute atomic E-state index is 12.7. The number of anilines is 1. The van der Waals surface area contributed by atoms with Crippen molar-refractivity contribution in [2.45, 2.75) is 13.1 Å². The van der Waals surface area contributed by atoms with Gasteiger partial charge in [0.25, 0.3) is 0 Å². The van der Waals surface area contributed by atoms with E-state index in [1.807, 2.05) is 36.4 Å². The molecule has 3 rings (SSSR count). The summed E-state index contributed by atoms with van der Waals surface area (Å²) in [5.74, 6) is 0.306. The number of rotatable bonds is 4. The molecule has 0 aliphatic carbocycles. The Morgan fingerprint density at radius 2 is 1.90 bits per heavy atom. The third kappa shape index (κ3) is 3.05. The van der Waals surface area contributed by atoms with Crippen molar-refractivity contribution in [3.8, 4) is 0 Å². The van der Waals surface area contributed by atoms with Gasteiger partial charge in [-0.15, -0.1) is 0 Å². The zero-order valence-electron chi connectivity index (χ0n) is 10.9. The summed E-state index contributed by atoms with van der Waals surface area (Å²) < 4.78 is 27.3. The highest BCUT2D eigenvalue weighted by atomic mass is 79.9. The van der Waals surface area contributed by atoms with Crippen LogP contribution >= 0.6 is 15.9 Å². The van der Waals surface area contributed by atoms with E-state index in [1.165, 1.54) is 12.4 Å². The van der Waals surface area contributed by atoms with Crippen LogP contribution in [0.15, 0.2) is 53.3 Å². The Hall–Kier alpha value is -1.95. The monoisotopic (exact) mass is 351 g/mol. The molecule has 0 unspecified atom stereocenters. The van der Waals surface area contributed by atoms with Crippen LogP contribution in [0.3, 0.4) is 0 Å². The van der Waals surface area contributed by atoms with Gasteiger partial charge in [-0.25, -0.2) is 4.98 Å². The average molecular weight is 352 g/mol. The SMILES string of the molecule is FC(F)n1ccnc1CNc1ccc2cc(Br)ccc2c1. The van der Waals surface area contributed by atoms with Crippen molar-refractivity contribution in [3.63, 3.8) is 0 Å². The largest absolute Gasteiger partial charge is 0.378 e. The minimum atomic E-state index is -2.57. The zero-order valence-corrected chi connectivity index (χ0v) is 12.5. The van der Waals surface area contributed by atoms with E-state index in [9.17, 15) is 8.78 Å². The fraction of sp³-hybridized carbons (Fsp3) is 0.133. The molecule has 0 bridgehead atoms. The number of benzene rings is 2. The van der Waals surface area contributed by atoms with Crippen molar-refractivity contribution >= 4 is 32.4 Å². The van der Waals surface area contributed by atoms with Gasteiger partial charge >= 0.3 is 6.55 Å². The first-order chi connectivity index (χ1) is 10.1. The minimum Gasteiger partial charge on any atom is -0.378 e. The highest BCUT2D eigenvalue weighted by Gasteiger charge is 2.10. The molecule has 1 heterocycles. The number of halogens is 3. The van der Waals surface area contributed by atoms with Crippen molar-refractivity contribution in [1.82, 2.24) is 9.55 Å². The molecule has 1 N–H and O–H groups in total. The van der Waals surface area contributed by atoms with Crippen molar-refractivity contribution < 1.29 is 8.78 Å². The summed E-state index contributed by atoms with van der Waals surface area (Å²) in [4.78, 5) is 3.94. The summed E-state index contributed by atoms with van der Waals surface area (Å²) >= 11 is 3.43. The number of hydrogen-bond acceptors (Lipinski definition) is 2. The van der Waals surface area contributed by atoms with Gasteiger partial charge in [-0.05, 0) is 35.0 Å². The molecule has 6 heteroatoms. The lowest BCUT2D eigenvalue weighted by Crippen LogP contribution is -2.08. The standard InChI is InChI=1S/C15H12BrF2N3/c16-12-3-1-11-8-13(4-2-10(11)7-12)20-9-14-19-5-6-21(14)15(17)18/h1-8,15,20H,9H2. The Balaban J connectivity index is 1.79. The number of alkyl halides is 2. The van der Waals surface area contributed by atoms with Gasteiger partial charge in [0, 0.05) is 22.6 Å². The smallest absolute Gasteiger partial charge is 0.319 e. The molecule has 0 fully saturated rings. The van der Waals surface area contributed by atoms with E-state index in [2.05, 4.69) is 26.2 Å². The third-order valence-corrected chi connectivity index (χ3v) is 3.71. The molecule has 0 saturated heterocycles. The predicted octanol–water partition coefficient (Wildman–Crippen LogP) is 4.81. The number of nitrogens with zero attached hydrogens (tertiary/aromatic N) is 2. The molecule has 1 aromatic heterocycles. The number of hydrogen-bond donors (Lipinski definition) is 1. The highest BCUT2D eigenvalue weighted by Crippen LogP contribution is 2.23. The molecule has 0 aliphatic heterocycles.